The van der Waals surface area contributed by atoms with Gasteiger partial charge >= 0.3 is 0 Å². The highest BCUT2D eigenvalue weighted by molar-refractivity contribution is 5.25. The third kappa shape index (κ3) is 1.59. The molecule has 3 nitrogen and oxygen atoms in total. The van der Waals surface area contributed by atoms with Crippen molar-refractivity contribution >= 4 is 0 Å². The molecule has 4 heteroatoms. The van der Waals surface area contributed by atoms with Crippen molar-refractivity contribution in [3.8, 4) is 6.07 Å². The number of benzene rings is 1. The van der Waals surface area contributed by atoms with Crippen LogP contribution in [0.15, 0.2) is 24.3 Å². The molecule has 1 rings (SSSR count). The number of halogens is 1. The molecule has 0 fully saturated rings. The van der Waals surface area contributed by atoms with Crippen molar-refractivity contribution in [3.63, 3.8) is 0 Å². The van der Waals surface area contributed by atoms with Gasteiger partial charge in [0.2, 0.25) is 0 Å². The van der Waals surface area contributed by atoms with Crippen molar-refractivity contribution in [3.05, 3.63) is 35.6 Å². The summed E-state index contributed by atoms with van der Waals surface area (Å²) >= 11 is 0. The number of nitriles is 1. The first-order valence-corrected chi connectivity index (χ1v) is 3.39. The summed E-state index contributed by atoms with van der Waals surface area (Å²) in [4.78, 5) is 0. The van der Waals surface area contributed by atoms with E-state index < -0.39 is 11.9 Å². The zero-order chi connectivity index (χ0) is 8.97. The minimum Gasteiger partial charge on any atom is -0.270 e. The number of nitrogens with two attached hydrogens (primary N) is 1. The lowest BCUT2D eigenvalue weighted by Crippen LogP contribution is -2.27. The highest BCUT2D eigenvalue weighted by Crippen LogP contribution is 2.14. The Kier molecular flexibility index (Phi) is 2.75. The SMILES string of the molecule is N#CC(NN)c1ccccc1F. The summed E-state index contributed by atoms with van der Waals surface area (Å²) in [6.07, 6.45) is 0. The van der Waals surface area contributed by atoms with Gasteiger partial charge in [-0.25, -0.2) is 9.82 Å². The van der Waals surface area contributed by atoms with Gasteiger partial charge in [0.25, 0.3) is 0 Å². The fourth-order valence-electron chi connectivity index (χ4n) is 0.906. The summed E-state index contributed by atoms with van der Waals surface area (Å²) in [5.41, 5.74) is 2.47. The van der Waals surface area contributed by atoms with E-state index in [2.05, 4.69) is 5.43 Å². The molecule has 62 valence electrons. The first-order valence-electron chi connectivity index (χ1n) is 3.39. The third-order valence-electron chi connectivity index (χ3n) is 1.51. The number of nitrogens with one attached hydrogen (secondary N) is 1. The third-order valence-corrected chi connectivity index (χ3v) is 1.51. The van der Waals surface area contributed by atoms with E-state index in [1.54, 1.807) is 12.1 Å². The second-order valence-electron chi connectivity index (χ2n) is 2.25. The molecular formula is C8H8FN3. The predicted molar refractivity (Wildman–Crippen MR) is 42.1 cm³/mol. The molecular weight excluding hydrogens is 157 g/mol. The fourth-order valence-corrected chi connectivity index (χ4v) is 0.906. The van der Waals surface area contributed by atoms with Crippen molar-refractivity contribution in [2.75, 3.05) is 0 Å². The quantitative estimate of drug-likeness (QED) is 0.504. The highest BCUT2D eigenvalue weighted by atomic mass is 19.1. The van der Waals surface area contributed by atoms with Crippen molar-refractivity contribution in [1.29, 1.82) is 5.26 Å². The Morgan fingerprint density at radius 1 is 1.50 bits per heavy atom. The maximum absolute atomic E-state index is 13.0. The Morgan fingerprint density at radius 3 is 2.67 bits per heavy atom. The van der Waals surface area contributed by atoms with E-state index in [0.717, 1.165) is 0 Å². The molecule has 0 amide bonds. The van der Waals surface area contributed by atoms with Crippen LogP contribution in [0, 0.1) is 17.1 Å². The molecule has 1 atom stereocenters. The molecule has 3 N–H and O–H groups in total. The molecule has 12 heavy (non-hydrogen) atoms. The van der Waals surface area contributed by atoms with Gasteiger partial charge in [-0.2, -0.15) is 5.26 Å². The van der Waals surface area contributed by atoms with Gasteiger partial charge in [0.15, 0.2) is 0 Å². The van der Waals surface area contributed by atoms with Crippen LogP contribution in [0.2, 0.25) is 0 Å². The number of nitrogens with zero attached hydrogens (tertiary/aromatic N) is 1. The van der Waals surface area contributed by atoms with Gasteiger partial charge in [0, 0.05) is 5.56 Å². The molecule has 0 saturated heterocycles. The van der Waals surface area contributed by atoms with Gasteiger partial charge in [-0.15, -0.1) is 0 Å². The molecule has 1 aromatic carbocycles. The Morgan fingerprint density at radius 2 is 2.17 bits per heavy atom. The van der Waals surface area contributed by atoms with Gasteiger partial charge in [0.05, 0.1) is 6.07 Å². The number of hydrazine groups is 1. The van der Waals surface area contributed by atoms with E-state index >= 15 is 0 Å². The molecule has 1 aromatic rings. The molecule has 0 aliphatic heterocycles. The smallest absolute Gasteiger partial charge is 0.136 e. The van der Waals surface area contributed by atoms with Crippen LogP contribution in [0.5, 0.6) is 0 Å². The monoisotopic (exact) mass is 165 g/mol. The summed E-state index contributed by atoms with van der Waals surface area (Å²) in [5, 5.41) is 8.54. The van der Waals surface area contributed by atoms with E-state index in [1.165, 1.54) is 12.1 Å². The zero-order valence-corrected chi connectivity index (χ0v) is 6.29. The summed E-state index contributed by atoms with van der Waals surface area (Å²) < 4.78 is 13.0. The molecule has 0 aromatic heterocycles. The lowest BCUT2D eigenvalue weighted by molar-refractivity contribution is 0.572. The topological polar surface area (TPSA) is 61.8 Å². The molecule has 0 bridgehead atoms. The Balaban J connectivity index is 3.02. The summed E-state index contributed by atoms with van der Waals surface area (Å²) in [6.45, 7) is 0. The minimum atomic E-state index is -0.786. The summed E-state index contributed by atoms with van der Waals surface area (Å²) in [5.74, 6) is 4.62. The highest BCUT2D eigenvalue weighted by Gasteiger charge is 2.11. The number of hydrogen-bond donors (Lipinski definition) is 2. The van der Waals surface area contributed by atoms with Crippen LogP contribution < -0.4 is 11.3 Å². The molecule has 0 heterocycles. The number of rotatable bonds is 2. The van der Waals surface area contributed by atoms with Gasteiger partial charge in [0.1, 0.15) is 11.9 Å². The van der Waals surface area contributed by atoms with Crippen molar-refractivity contribution in [1.82, 2.24) is 5.43 Å². The van der Waals surface area contributed by atoms with Gasteiger partial charge in [-0.3, -0.25) is 5.84 Å². The molecule has 1 unspecified atom stereocenters. The average Bonchev–Trinajstić information content (AvgIpc) is 2.10. The van der Waals surface area contributed by atoms with Gasteiger partial charge in [-0.1, -0.05) is 18.2 Å². The Hall–Kier alpha value is -1.44. The lowest BCUT2D eigenvalue weighted by atomic mass is 10.1. The van der Waals surface area contributed by atoms with Crippen molar-refractivity contribution in [2.45, 2.75) is 6.04 Å². The van der Waals surface area contributed by atoms with Crippen LogP contribution in [0.3, 0.4) is 0 Å². The standard InChI is InChI=1S/C8H8FN3/c9-7-4-2-1-3-6(7)8(5-10)12-11/h1-4,8,12H,11H2. The summed E-state index contributed by atoms with van der Waals surface area (Å²) in [7, 11) is 0. The van der Waals surface area contributed by atoms with E-state index in [1.807, 2.05) is 6.07 Å². The van der Waals surface area contributed by atoms with E-state index in [9.17, 15) is 4.39 Å². The maximum atomic E-state index is 13.0. The van der Waals surface area contributed by atoms with E-state index in [4.69, 9.17) is 11.1 Å². The van der Waals surface area contributed by atoms with E-state index in [0.29, 0.717) is 0 Å². The Bertz CT molecular complexity index is 305. The average molecular weight is 165 g/mol. The first kappa shape index (κ1) is 8.65. The van der Waals surface area contributed by atoms with Crippen molar-refractivity contribution < 1.29 is 4.39 Å². The fraction of sp³-hybridized carbons (Fsp3) is 0.125. The normalized spacial score (nSPS) is 12.1. The van der Waals surface area contributed by atoms with E-state index in [-0.39, 0.29) is 5.56 Å². The molecule has 0 aliphatic rings. The second kappa shape index (κ2) is 3.81. The zero-order valence-electron chi connectivity index (χ0n) is 6.29. The van der Waals surface area contributed by atoms with Crippen LogP contribution in [-0.4, -0.2) is 0 Å². The lowest BCUT2D eigenvalue weighted by Gasteiger charge is -2.07. The molecule has 0 spiro atoms. The van der Waals surface area contributed by atoms with Crippen LogP contribution >= 0.6 is 0 Å². The summed E-state index contributed by atoms with van der Waals surface area (Å²) in [6, 6.07) is 7.06. The number of hydrogen-bond acceptors (Lipinski definition) is 3. The molecule has 0 aliphatic carbocycles. The largest absolute Gasteiger partial charge is 0.270 e. The minimum absolute atomic E-state index is 0.266. The predicted octanol–water partition coefficient (Wildman–Crippen LogP) is 0.854. The van der Waals surface area contributed by atoms with Crippen LogP contribution in [-0.2, 0) is 0 Å². The van der Waals surface area contributed by atoms with Crippen LogP contribution in [0.4, 0.5) is 4.39 Å². The molecule has 0 radical (unpaired) electrons. The van der Waals surface area contributed by atoms with Crippen LogP contribution in [0.25, 0.3) is 0 Å². The first-order chi connectivity index (χ1) is 5.79. The van der Waals surface area contributed by atoms with Crippen molar-refractivity contribution in [2.24, 2.45) is 5.84 Å². The second-order valence-corrected chi connectivity index (χ2v) is 2.25. The maximum Gasteiger partial charge on any atom is 0.136 e. The van der Waals surface area contributed by atoms with Crippen LogP contribution in [0.1, 0.15) is 11.6 Å². The Labute approximate surface area is 69.6 Å². The van der Waals surface area contributed by atoms with Gasteiger partial charge in [-0.05, 0) is 6.07 Å². The molecule has 0 saturated carbocycles. The van der Waals surface area contributed by atoms with Gasteiger partial charge < -0.3 is 0 Å².